The Morgan fingerprint density at radius 1 is 0.864 bits per heavy atom. The number of hydrogen-bond donors (Lipinski definition) is 6. The summed E-state index contributed by atoms with van der Waals surface area (Å²) in [5.74, 6) is -6.79. The average Bonchev–Trinajstić information content (AvgIpc) is 3.89. The lowest BCUT2D eigenvalue weighted by molar-refractivity contribution is -0.280. The second-order valence-electron chi connectivity index (χ2n) is 18.4. The topological polar surface area (TPSA) is 187 Å². The molecule has 4 aliphatic carbocycles. The maximum Gasteiger partial charge on any atom is 0.338 e. The molecule has 7 rings (SSSR count). The largest absolute Gasteiger partial charge is 0.462 e. The maximum absolute atomic E-state index is 13.8. The van der Waals surface area contributed by atoms with E-state index in [1.165, 1.54) is 25.7 Å². The summed E-state index contributed by atoms with van der Waals surface area (Å²) < 4.78 is 18.2. The summed E-state index contributed by atoms with van der Waals surface area (Å²) in [6.07, 6.45) is 6.37. The summed E-state index contributed by atoms with van der Waals surface area (Å²) in [4.78, 5) is 27.2. The van der Waals surface area contributed by atoms with Gasteiger partial charge in [-0.1, -0.05) is 134 Å². The molecule has 0 radical (unpaired) electrons. The summed E-state index contributed by atoms with van der Waals surface area (Å²) in [6.45, 7) is 10.3. The van der Waals surface area contributed by atoms with Gasteiger partial charge in [0, 0.05) is 17.8 Å². The molecule has 0 bridgehead atoms. The van der Waals surface area contributed by atoms with Crippen molar-refractivity contribution in [2.45, 2.75) is 152 Å². The van der Waals surface area contributed by atoms with Crippen LogP contribution in [-0.2, 0) is 14.2 Å². The Bertz CT molecular complexity index is 1730. The van der Waals surface area contributed by atoms with Crippen LogP contribution < -0.4 is 0 Å². The number of rotatable bonds is 15. The number of hydrogen-bond acceptors (Lipinski definition) is 11. The molecule has 0 aromatic heterocycles. The first-order chi connectivity index (χ1) is 28.1. The minimum absolute atomic E-state index is 0.194. The number of aliphatic hydroxyl groups excluding tert-OH is 3. The number of benzene rings is 2. The van der Waals surface area contributed by atoms with E-state index < -0.39 is 102 Å². The highest BCUT2D eigenvalue weighted by Gasteiger charge is 2.86. The van der Waals surface area contributed by atoms with E-state index in [9.17, 15) is 40.2 Å². The van der Waals surface area contributed by atoms with Gasteiger partial charge in [-0.2, -0.15) is 0 Å². The Morgan fingerprint density at radius 3 is 1.97 bits per heavy atom. The number of carbonyl (C=O) groups excluding carboxylic acids is 2. The number of ether oxygens (including phenoxy) is 3. The predicted octanol–water partition coefficient (Wildman–Crippen LogP) is 6.17. The van der Waals surface area contributed by atoms with Gasteiger partial charge in [0.25, 0.3) is 0 Å². The first-order valence-corrected chi connectivity index (χ1v) is 22.1. The van der Waals surface area contributed by atoms with Gasteiger partial charge in [-0.15, -0.1) is 0 Å². The molecule has 5 fully saturated rings. The molecular weight excluding hydrogens is 753 g/mol. The van der Waals surface area contributed by atoms with Gasteiger partial charge in [-0.3, -0.25) is 0 Å². The number of unbranched alkanes of at least 4 members (excludes halogenated alkanes) is 5. The van der Waals surface area contributed by atoms with E-state index in [-0.39, 0.29) is 29.0 Å². The van der Waals surface area contributed by atoms with E-state index in [2.05, 4.69) is 13.5 Å². The van der Waals surface area contributed by atoms with Gasteiger partial charge in [-0.05, 0) is 60.9 Å². The zero-order chi connectivity index (χ0) is 42.8. The van der Waals surface area contributed by atoms with Crippen LogP contribution in [0.15, 0.2) is 72.8 Å². The highest BCUT2D eigenvalue weighted by Crippen LogP contribution is 2.69. The van der Waals surface area contributed by atoms with Crippen molar-refractivity contribution in [3.63, 3.8) is 0 Å². The third-order valence-corrected chi connectivity index (χ3v) is 14.8. The van der Waals surface area contributed by atoms with E-state index in [1.807, 2.05) is 13.8 Å². The number of fused-ring (bicyclic) bond motifs is 5. The Balaban J connectivity index is 0.00000138. The molecule has 59 heavy (non-hydrogen) atoms. The highest BCUT2D eigenvalue weighted by molar-refractivity contribution is 5.90. The molecule has 11 heteroatoms. The van der Waals surface area contributed by atoms with E-state index in [0.717, 1.165) is 38.5 Å². The number of esters is 2. The molecule has 14 atom stereocenters. The molecule has 0 spiro atoms. The van der Waals surface area contributed by atoms with Crippen molar-refractivity contribution >= 4 is 11.9 Å². The summed E-state index contributed by atoms with van der Waals surface area (Å²) >= 11 is 0. The fourth-order valence-corrected chi connectivity index (χ4v) is 11.1. The lowest BCUT2D eigenvalue weighted by Crippen LogP contribution is -2.72. The fourth-order valence-electron chi connectivity index (χ4n) is 11.1. The van der Waals surface area contributed by atoms with Crippen LogP contribution in [0.5, 0.6) is 0 Å². The number of carbonyl (C=O) groups is 2. The average molecular weight is 821 g/mol. The van der Waals surface area contributed by atoms with Crippen molar-refractivity contribution < 1.29 is 54.4 Å². The molecule has 0 amide bonds. The molecule has 11 nitrogen and oxygen atoms in total. The molecular formula is C48H68O11. The second kappa shape index (κ2) is 18.4. The molecule has 6 N–H and O–H groups in total. The van der Waals surface area contributed by atoms with Crippen LogP contribution in [0.1, 0.15) is 125 Å². The number of epoxide rings is 1. The van der Waals surface area contributed by atoms with Crippen LogP contribution in [0, 0.1) is 35.5 Å². The first-order valence-electron chi connectivity index (χ1n) is 22.1. The smallest absolute Gasteiger partial charge is 0.338 e. The zero-order valence-corrected chi connectivity index (χ0v) is 35.4. The van der Waals surface area contributed by atoms with Crippen molar-refractivity contribution in [1.82, 2.24) is 0 Å². The third kappa shape index (κ3) is 8.18. The van der Waals surface area contributed by atoms with Gasteiger partial charge in [0.15, 0.2) is 0 Å². The Labute approximate surface area is 349 Å². The van der Waals surface area contributed by atoms with Crippen molar-refractivity contribution in [3.8, 4) is 0 Å². The van der Waals surface area contributed by atoms with Gasteiger partial charge in [0.2, 0.25) is 0 Å². The summed E-state index contributed by atoms with van der Waals surface area (Å²) in [5.41, 5.74) is -7.87. The molecule has 1 heterocycles. The molecule has 2 aromatic rings. The van der Waals surface area contributed by atoms with Gasteiger partial charge >= 0.3 is 11.9 Å². The van der Waals surface area contributed by atoms with Gasteiger partial charge < -0.3 is 44.8 Å². The molecule has 10 unspecified atom stereocenters. The molecule has 326 valence electrons. The van der Waals surface area contributed by atoms with Crippen molar-refractivity contribution in [2.75, 3.05) is 13.2 Å². The van der Waals surface area contributed by atoms with Gasteiger partial charge in [0.05, 0.1) is 36.0 Å². The fraction of sp³-hybridized carbons (Fsp3) is 0.667. The van der Waals surface area contributed by atoms with Gasteiger partial charge in [-0.25, -0.2) is 9.59 Å². The summed E-state index contributed by atoms with van der Waals surface area (Å²) in [6, 6.07) is 16.6. The van der Waals surface area contributed by atoms with Crippen LogP contribution in [0.25, 0.3) is 0 Å². The Morgan fingerprint density at radius 2 is 1.42 bits per heavy atom. The minimum atomic E-state index is -2.44. The van der Waals surface area contributed by atoms with E-state index in [1.54, 1.807) is 67.6 Å². The second-order valence-corrected chi connectivity index (χ2v) is 18.4. The lowest BCUT2D eigenvalue weighted by Gasteiger charge is -2.59. The van der Waals surface area contributed by atoms with Crippen LogP contribution in [0.2, 0.25) is 0 Å². The SMILES string of the molecule is C1CCC1.C=C(C)C1(O)C[C@@H](COC(=O)c2ccccc2)C2(O)C(C1O)C1O[C@]1(CO)C(O)C1(O)C(OC(=O)c3ccccc3)[C@@H](C)C([C@H](C)CCCCCCCC)C12. The molecule has 1 saturated heterocycles. The quantitative estimate of drug-likeness (QED) is 0.0523. The van der Waals surface area contributed by atoms with E-state index >= 15 is 0 Å². The Hall–Kier alpha value is -3.16. The molecule has 4 saturated carbocycles. The molecule has 1 aliphatic heterocycles. The van der Waals surface area contributed by atoms with Crippen molar-refractivity contribution in [2.24, 2.45) is 35.5 Å². The molecule has 2 aromatic carbocycles. The highest BCUT2D eigenvalue weighted by atomic mass is 16.6. The predicted molar refractivity (Wildman–Crippen MR) is 222 cm³/mol. The standard InChI is InChI=1S/C44H60O11.C4H8/c1-6-7-8-9-10-13-18-27(4)32-28(5)36(54-39(48)30-21-16-12-17-22-30)44(52)34(32)43(51)31(24-53-38(47)29-19-14-11-15-20-29)23-41(50,26(2)3)35(46)33(43)37-42(25-45,55-37)40(44)49;1-2-4-3-1/h11-12,14-17,19-22,27-28,31-37,40,45-46,49-52H,2,6-10,13,18,23-25H2,1,3-5H3;1-4H2/t27-,28+,31+,32?,33?,34?,35?,36?,37?,40?,41?,42+,43?,44?;/m1./s1. The monoisotopic (exact) mass is 820 g/mol. The van der Waals surface area contributed by atoms with Gasteiger partial charge in [0.1, 0.15) is 35.1 Å². The third-order valence-electron chi connectivity index (χ3n) is 14.8. The van der Waals surface area contributed by atoms with Crippen LogP contribution in [-0.4, -0.2) is 103 Å². The first kappa shape index (κ1) is 45.4. The Kier molecular flexibility index (Phi) is 14.2. The van der Waals surface area contributed by atoms with Crippen LogP contribution >= 0.6 is 0 Å². The van der Waals surface area contributed by atoms with E-state index in [0.29, 0.717) is 6.42 Å². The number of aliphatic hydroxyl groups is 6. The van der Waals surface area contributed by atoms with Crippen LogP contribution in [0.3, 0.4) is 0 Å². The molecule has 5 aliphatic rings. The lowest BCUT2D eigenvalue weighted by atomic mass is 9.51. The zero-order valence-electron chi connectivity index (χ0n) is 35.4. The normalized spacial score (nSPS) is 38.4. The van der Waals surface area contributed by atoms with Crippen molar-refractivity contribution in [1.29, 1.82) is 0 Å². The summed E-state index contributed by atoms with van der Waals surface area (Å²) in [7, 11) is 0. The minimum Gasteiger partial charge on any atom is -0.462 e. The maximum atomic E-state index is 13.8. The van der Waals surface area contributed by atoms with Crippen LogP contribution in [0.4, 0.5) is 0 Å². The van der Waals surface area contributed by atoms with E-state index in [4.69, 9.17) is 14.2 Å². The van der Waals surface area contributed by atoms with Crippen molar-refractivity contribution in [3.05, 3.63) is 83.9 Å². The summed E-state index contributed by atoms with van der Waals surface area (Å²) in [5, 5.41) is 75.1.